The number of furan rings is 1. The standard InChI is InChI=1S/C12H14ClN3O2/c13-12-14-9-3-6-18-10(9)11(15-12)16-4-1-8(7-17)2-5-16/h3,6,8,17H,1-2,4-5,7H2. The summed E-state index contributed by atoms with van der Waals surface area (Å²) < 4.78 is 5.44. The molecule has 0 bridgehead atoms. The van der Waals surface area contributed by atoms with E-state index in [1.165, 1.54) is 0 Å². The molecule has 18 heavy (non-hydrogen) atoms. The number of aromatic nitrogens is 2. The monoisotopic (exact) mass is 267 g/mol. The molecule has 3 rings (SSSR count). The van der Waals surface area contributed by atoms with Gasteiger partial charge in [0.25, 0.3) is 0 Å². The molecule has 96 valence electrons. The normalized spacial score (nSPS) is 17.6. The van der Waals surface area contributed by atoms with Crippen LogP contribution in [-0.2, 0) is 0 Å². The van der Waals surface area contributed by atoms with Crippen LogP contribution in [0.1, 0.15) is 12.8 Å². The van der Waals surface area contributed by atoms with Crippen LogP contribution in [0.4, 0.5) is 5.82 Å². The van der Waals surface area contributed by atoms with Crippen LogP contribution >= 0.6 is 11.6 Å². The van der Waals surface area contributed by atoms with Crippen LogP contribution in [-0.4, -0.2) is 34.8 Å². The van der Waals surface area contributed by atoms with Gasteiger partial charge in [0, 0.05) is 25.8 Å². The number of hydrogen-bond acceptors (Lipinski definition) is 5. The predicted octanol–water partition coefficient (Wildman–Crippen LogP) is 2.08. The number of nitrogens with zero attached hydrogens (tertiary/aromatic N) is 3. The average molecular weight is 268 g/mol. The van der Waals surface area contributed by atoms with E-state index < -0.39 is 0 Å². The van der Waals surface area contributed by atoms with Crippen molar-refractivity contribution in [3.8, 4) is 0 Å². The van der Waals surface area contributed by atoms with Gasteiger partial charge >= 0.3 is 0 Å². The molecule has 1 saturated heterocycles. The number of aliphatic hydroxyl groups excluding tert-OH is 1. The molecule has 0 atom stereocenters. The molecule has 0 aliphatic carbocycles. The van der Waals surface area contributed by atoms with Crippen LogP contribution in [0.5, 0.6) is 0 Å². The summed E-state index contributed by atoms with van der Waals surface area (Å²) in [5, 5.41) is 9.39. The summed E-state index contributed by atoms with van der Waals surface area (Å²) in [6.07, 6.45) is 3.51. The van der Waals surface area contributed by atoms with E-state index >= 15 is 0 Å². The first kappa shape index (κ1) is 11.7. The van der Waals surface area contributed by atoms with Crippen molar-refractivity contribution in [1.29, 1.82) is 0 Å². The Morgan fingerprint density at radius 1 is 1.39 bits per heavy atom. The maximum absolute atomic E-state index is 9.15. The third kappa shape index (κ3) is 2.04. The Morgan fingerprint density at radius 2 is 2.17 bits per heavy atom. The van der Waals surface area contributed by atoms with Gasteiger partial charge in [-0.25, -0.2) is 4.98 Å². The smallest absolute Gasteiger partial charge is 0.225 e. The highest BCUT2D eigenvalue weighted by atomic mass is 35.5. The van der Waals surface area contributed by atoms with Crippen molar-refractivity contribution in [3.05, 3.63) is 17.6 Å². The summed E-state index contributed by atoms with van der Waals surface area (Å²) in [4.78, 5) is 10.5. The van der Waals surface area contributed by atoms with Gasteiger partial charge in [-0.1, -0.05) is 0 Å². The maximum atomic E-state index is 9.15. The highest BCUT2D eigenvalue weighted by Gasteiger charge is 2.22. The largest absolute Gasteiger partial charge is 0.459 e. The van der Waals surface area contributed by atoms with Gasteiger partial charge in [-0.3, -0.25) is 0 Å². The van der Waals surface area contributed by atoms with E-state index in [2.05, 4.69) is 14.9 Å². The summed E-state index contributed by atoms with van der Waals surface area (Å²) >= 11 is 5.93. The quantitative estimate of drug-likeness (QED) is 0.844. The highest BCUT2D eigenvalue weighted by Crippen LogP contribution is 2.29. The second-order valence-electron chi connectivity index (χ2n) is 4.56. The Labute approximate surface area is 109 Å². The molecule has 0 unspecified atom stereocenters. The molecule has 6 heteroatoms. The van der Waals surface area contributed by atoms with Gasteiger partial charge in [0.2, 0.25) is 5.28 Å². The number of piperidine rings is 1. The molecule has 0 amide bonds. The fourth-order valence-electron chi connectivity index (χ4n) is 2.36. The molecule has 0 radical (unpaired) electrons. The number of rotatable bonds is 2. The minimum absolute atomic E-state index is 0.239. The van der Waals surface area contributed by atoms with Crippen LogP contribution in [0.2, 0.25) is 5.28 Å². The van der Waals surface area contributed by atoms with Crippen LogP contribution in [0.3, 0.4) is 0 Å². The van der Waals surface area contributed by atoms with Gasteiger partial charge in [0.05, 0.1) is 6.26 Å². The Kier molecular flexibility index (Phi) is 3.09. The molecule has 2 aromatic rings. The van der Waals surface area contributed by atoms with E-state index in [0.717, 1.165) is 37.3 Å². The first-order chi connectivity index (χ1) is 8.78. The van der Waals surface area contributed by atoms with Crippen molar-refractivity contribution in [2.45, 2.75) is 12.8 Å². The summed E-state index contributed by atoms with van der Waals surface area (Å²) in [6.45, 7) is 1.97. The Bertz CT molecular complexity index is 549. The van der Waals surface area contributed by atoms with E-state index in [0.29, 0.717) is 11.5 Å². The van der Waals surface area contributed by atoms with Crippen LogP contribution < -0.4 is 4.90 Å². The predicted molar refractivity (Wildman–Crippen MR) is 68.8 cm³/mol. The lowest BCUT2D eigenvalue weighted by atomic mass is 9.98. The van der Waals surface area contributed by atoms with Crippen molar-refractivity contribution in [1.82, 2.24) is 9.97 Å². The second kappa shape index (κ2) is 4.74. The number of anilines is 1. The molecule has 1 fully saturated rings. The van der Waals surface area contributed by atoms with E-state index in [-0.39, 0.29) is 11.9 Å². The van der Waals surface area contributed by atoms with Gasteiger partial charge in [0.1, 0.15) is 5.52 Å². The molecule has 0 saturated carbocycles. The molecular weight excluding hydrogens is 254 g/mol. The fourth-order valence-corrected chi connectivity index (χ4v) is 2.53. The van der Waals surface area contributed by atoms with E-state index in [4.69, 9.17) is 21.1 Å². The van der Waals surface area contributed by atoms with E-state index in [1.54, 1.807) is 12.3 Å². The topological polar surface area (TPSA) is 62.4 Å². The lowest BCUT2D eigenvalue weighted by Crippen LogP contribution is -2.35. The van der Waals surface area contributed by atoms with E-state index in [1.807, 2.05) is 0 Å². The second-order valence-corrected chi connectivity index (χ2v) is 4.90. The minimum atomic E-state index is 0.239. The van der Waals surface area contributed by atoms with Crippen molar-refractivity contribution >= 4 is 28.5 Å². The molecule has 1 N–H and O–H groups in total. The third-order valence-corrected chi connectivity index (χ3v) is 3.60. The van der Waals surface area contributed by atoms with Crippen molar-refractivity contribution in [2.24, 2.45) is 5.92 Å². The molecule has 5 nitrogen and oxygen atoms in total. The SMILES string of the molecule is OCC1CCN(c2nc(Cl)nc3ccoc23)CC1. The molecule has 1 aliphatic rings. The van der Waals surface area contributed by atoms with Crippen LogP contribution in [0, 0.1) is 5.92 Å². The zero-order chi connectivity index (χ0) is 12.5. The summed E-state index contributed by atoms with van der Waals surface area (Å²) in [6, 6.07) is 1.78. The Hall–Kier alpha value is -1.33. The van der Waals surface area contributed by atoms with Crippen LogP contribution in [0.15, 0.2) is 16.7 Å². The fraction of sp³-hybridized carbons (Fsp3) is 0.500. The highest BCUT2D eigenvalue weighted by molar-refractivity contribution is 6.28. The summed E-state index contributed by atoms with van der Waals surface area (Å²) in [7, 11) is 0. The molecule has 0 aromatic carbocycles. The van der Waals surface area contributed by atoms with Gasteiger partial charge in [-0.2, -0.15) is 4.98 Å². The third-order valence-electron chi connectivity index (χ3n) is 3.43. The summed E-state index contributed by atoms with van der Waals surface area (Å²) in [5.41, 5.74) is 1.41. The molecule has 3 heterocycles. The molecule has 1 aliphatic heterocycles. The zero-order valence-corrected chi connectivity index (χ0v) is 10.6. The number of hydrogen-bond donors (Lipinski definition) is 1. The van der Waals surface area contributed by atoms with Crippen molar-refractivity contribution < 1.29 is 9.52 Å². The van der Waals surface area contributed by atoms with Gasteiger partial charge in [-0.05, 0) is 30.4 Å². The Morgan fingerprint density at radius 3 is 2.89 bits per heavy atom. The first-order valence-electron chi connectivity index (χ1n) is 6.04. The van der Waals surface area contributed by atoms with Gasteiger partial charge in [0.15, 0.2) is 11.4 Å². The zero-order valence-electron chi connectivity index (χ0n) is 9.84. The lowest BCUT2D eigenvalue weighted by molar-refractivity contribution is 0.203. The molecule has 2 aromatic heterocycles. The number of fused-ring (bicyclic) bond motifs is 1. The number of halogens is 1. The molecule has 0 spiro atoms. The number of aliphatic hydroxyl groups is 1. The average Bonchev–Trinajstić information content (AvgIpc) is 2.86. The van der Waals surface area contributed by atoms with E-state index in [9.17, 15) is 0 Å². The maximum Gasteiger partial charge on any atom is 0.225 e. The molecular formula is C12H14ClN3O2. The van der Waals surface area contributed by atoms with Gasteiger partial charge < -0.3 is 14.4 Å². The van der Waals surface area contributed by atoms with Gasteiger partial charge in [-0.15, -0.1) is 0 Å². The summed E-state index contributed by atoms with van der Waals surface area (Å²) in [5.74, 6) is 1.15. The first-order valence-corrected chi connectivity index (χ1v) is 6.42. The minimum Gasteiger partial charge on any atom is -0.459 e. The van der Waals surface area contributed by atoms with Crippen molar-refractivity contribution in [2.75, 3.05) is 24.6 Å². The van der Waals surface area contributed by atoms with Crippen LogP contribution in [0.25, 0.3) is 11.1 Å². The lowest BCUT2D eigenvalue weighted by Gasteiger charge is -2.31. The van der Waals surface area contributed by atoms with Crippen molar-refractivity contribution in [3.63, 3.8) is 0 Å². The Balaban J connectivity index is 1.92.